The summed E-state index contributed by atoms with van der Waals surface area (Å²) in [5, 5.41) is 18.6. The van der Waals surface area contributed by atoms with Crippen LogP contribution in [0.5, 0.6) is 0 Å². The van der Waals surface area contributed by atoms with Gasteiger partial charge in [-0.2, -0.15) is 0 Å². The molecular formula is C28H52O7. The van der Waals surface area contributed by atoms with Crippen LogP contribution in [-0.4, -0.2) is 46.9 Å². The van der Waals surface area contributed by atoms with Crippen LogP contribution in [0.1, 0.15) is 108 Å². The van der Waals surface area contributed by atoms with E-state index in [-0.39, 0.29) is 18.5 Å². The van der Waals surface area contributed by atoms with Crippen molar-refractivity contribution in [1.29, 1.82) is 0 Å². The van der Waals surface area contributed by atoms with E-state index >= 15 is 0 Å². The van der Waals surface area contributed by atoms with Gasteiger partial charge in [-0.3, -0.25) is 9.59 Å². The Morgan fingerprint density at radius 1 is 0.914 bits per heavy atom. The average Bonchev–Trinajstić information content (AvgIpc) is 2.79. The maximum Gasteiger partial charge on any atom is 0.330 e. The van der Waals surface area contributed by atoms with Crippen molar-refractivity contribution < 1.29 is 34.1 Å². The van der Waals surface area contributed by atoms with Gasteiger partial charge < -0.3 is 19.7 Å². The maximum absolute atomic E-state index is 12.0. The smallest absolute Gasteiger partial charge is 0.330 e. The lowest BCUT2D eigenvalue weighted by Gasteiger charge is -2.34. The highest BCUT2D eigenvalue weighted by Gasteiger charge is 2.36. The van der Waals surface area contributed by atoms with Crippen LogP contribution >= 0.6 is 0 Å². The Morgan fingerprint density at radius 3 is 1.71 bits per heavy atom. The molecule has 0 aliphatic heterocycles. The normalized spacial score (nSPS) is 20.3. The van der Waals surface area contributed by atoms with E-state index in [1.165, 1.54) is 6.42 Å². The molecule has 1 rings (SSSR count). The predicted octanol–water partition coefficient (Wildman–Crippen LogP) is 6.17. The molecule has 1 aliphatic rings. The fraction of sp³-hybridized carbons (Fsp3) is 0.821. The highest BCUT2D eigenvalue weighted by molar-refractivity contribution is 5.81. The lowest BCUT2D eigenvalue weighted by atomic mass is 9.85. The second kappa shape index (κ2) is 16.0. The van der Waals surface area contributed by atoms with Crippen molar-refractivity contribution in [3.8, 4) is 0 Å². The summed E-state index contributed by atoms with van der Waals surface area (Å²) < 4.78 is 10.4. The zero-order chi connectivity index (χ0) is 28.0. The monoisotopic (exact) mass is 500 g/mol. The van der Waals surface area contributed by atoms with Crippen molar-refractivity contribution in [2.75, 3.05) is 6.61 Å². The van der Waals surface area contributed by atoms with Crippen molar-refractivity contribution in [2.45, 2.75) is 120 Å². The Morgan fingerprint density at radius 2 is 1.40 bits per heavy atom. The number of carboxylic acids is 1. The average molecular weight is 501 g/mol. The number of carboxylic acid groups (broad SMARTS) is 1. The first-order chi connectivity index (χ1) is 15.9. The molecule has 1 fully saturated rings. The van der Waals surface area contributed by atoms with Crippen molar-refractivity contribution in [2.24, 2.45) is 22.2 Å². The molecular weight excluding hydrogens is 448 g/mol. The molecule has 2 N–H and O–H groups in total. The lowest BCUT2D eigenvalue weighted by Crippen LogP contribution is -2.41. The van der Waals surface area contributed by atoms with Gasteiger partial charge in [-0.05, 0) is 71.1 Å². The van der Waals surface area contributed by atoms with Crippen LogP contribution in [0, 0.1) is 22.2 Å². The molecule has 0 aromatic heterocycles. The third kappa shape index (κ3) is 15.7. The molecule has 206 valence electrons. The van der Waals surface area contributed by atoms with Crippen LogP contribution in [0.4, 0.5) is 0 Å². The van der Waals surface area contributed by atoms with Gasteiger partial charge in [-0.1, -0.05) is 54.5 Å². The van der Waals surface area contributed by atoms with E-state index in [0.717, 1.165) is 12.5 Å². The molecule has 1 saturated carbocycles. The summed E-state index contributed by atoms with van der Waals surface area (Å²) in [5.74, 6) is -1.36. The van der Waals surface area contributed by atoms with Crippen LogP contribution < -0.4 is 0 Å². The number of aliphatic carboxylic acids is 1. The van der Waals surface area contributed by atoms with Crippen LogP contribution in [0.2, 0.25) is 0 Å². The topological polar surface area (TPSA) is 110 Å². The van der Waals surface area contributed by atoms with Gasteiger partial charge >= 0.3 is 17.9 Å². The van der Waals surface area contributed by atoms with Crippen molar-refractivity contribution >= 4 is 17.9 Å². The largest absolute Gasteiger partial charge is 0.481 e. The second-order valence-electron chi connectivity index (χ2n) is 11.7. The van der Waals surface area contributed by atoms with Crippen LogP contribution in [-0.2, 0) is 23.9 Å². The Balaban J connectivity index is 0. The molecule has 0 amide bonds. The van der Waals surface area contributed by atoms with Crippen molar-refractivity contribution in [1.82, 2.24) is 0 Å². The number of ether oxygens (including phenoxy) is 2. The molecule has 7 nitrogen and oxygen atoms in total. The molecule has 3 atom stereocenters. The summed E-state index contributed by atoms with van der Waals surface area (Å²) >= 11 is 0. The standard InChI is InChI=1S/C16H26O5.C6H12O2.C6H14/c1-5-14(18)20-10-11-7-8-13(12(17)9-11)21-15(19)16(3,4)6-2;1-4-6(2,3)5(7)8;1-5-6(2,3)4/h5,11-13,17H,1,6-10H2,2-4H3;4H2,1-3H3,(H,7,8);5H2,1-4H3. The summed E-state index contributed by atoms with van der Waals surface area (Å²) in [6, 6.07) is 0. The minimum absolute atomic E-state index is 0.0954. The van der Waals surface area contributed by atoms with Crippen LogP contribution in [0.3, 0.4) is 0 Å². The number of esters is 2. The molecule has 0 spiro atoms. The fourth-order valence-electron chi connectivity index (χ4n) is 2.34. The molecule has 3 unspecified atom stereocenters. The van der Waals surface area contributed by atoms with Crippen molar-refractivity contribution in [3.63, 3.8) is 0 Å². The summed E-state index contributed by atoms with van der Waals surface area (Å²) in [5.41, 5.74) is -0.532. The lowest BCUT2D eigenvalue weighted by molar-refractivity contribution is -0.170. The number of aliphatic hydroxyl groups excluding tert-OH is 1. The van der Waals surface area contributed by atoms with E-state index in [1.807, 2.05) is 27.7 Å². The van der Waals surface area contributed by atoms with Gasteiger partial charge in [0.15, 0.2) is 0 Å². The van der Waals surface area contributed by atoms with E-state index in [4.69, 9.17) is 14.6 Å². The van der Waals surface area contributed by atoms with Gasteiger partial charge in [0, 0.05) is 6.08 Å². The molecule has 0 bridgehead atoms. The SMILES string of the molecule is C=CC(=O)OCC1CCC(OC(=O)C(C)(C)CC)C(O)C1.CCC(C)(C)C.CCC(C)(C)C(=O)O. The zero-order valence-electron chi connectivity index (χ0n) is 23.9. The summed E-state index contributed by atoms with van der Waals surface area (Å²) in [6.07, 6.45) is 4.41. The molecule has 0 saturated heterocycles. The van der Waals surface area contributed by atoms with Crippen molar-refractivity contribution in [3.05, 3.63) is 12.7 Å². The Bertz CT molecular complexity index is 659. The van der Waals surface area contributed by atoms with Crippen LogP contribution in [0.25, 0.3) is 0 Å². The summed E-state index contributed by atoms with van der Waals surface area (Å²) in [6.45, 7) is 23.4. The Labute approximate surface area is 213 Å². The molecule has 0 aromatic rings. The molecule has 1 aliphatic carbocycles. The Hall–Kier alpha value is -1.89. The third-order valence-electron chi connectivity index (χ3n) is 6.71. The number of aliphatic hydroxyl groups is 1. The van der Waals surface area contributed by atoms with E-state index in [0.29, 0.717) is 31.1 Å². The number of carbonyl (C=O) groups excluding carboxylic acids is 2. The summed E-state index contributed by atoms with van der Waals surface area (Å²) in [4.78, 5) is 33.3. The van der Waals surface area contributed by atoms with E-state index in [2.05, 4.69) is 34.3 Å². The first kappa shape index (κ1) is 35.3. The highest BCUT2D eigenvalue weighted by atomic mass is 16.6. The third-order valence-corrected chi connectivity index (χ3v) is 6.71. The number of rotatable bonds is 8. The second-order valence-corrected chi connectivity index (χ2v) is 11.7. The highest BCUT2D eigenvalue weighted by Crippen LogP contribution is 2.30. The van der Waals surface area contributed by atoms with E-state index in [9.17, 15) is 19.5 Å². The summed E-state index contributed by atoms with van der Waals surface area (Å²) in [7, 11) is 0. The quantitative estimate of drug-likeness (QED) is 0.303. The van der Waals surface area contributed by atoms with Crippen LogP contribution in [0.15, 0.2) is 12.7 Å². The zero-order valence-corrected chi connectivity index (χ0v) is 23.9. The van der Waals surface area contributed by atoms with E-state index < -0.39 is 35.0 Å². The minimum atomic E-state index is -0.722. The van der Waals surface area contributed by atoms with Gasteiger partial charge in [0.25, 0.3) is 0 Å². The molecule has 0 heterocycles. The minimum Gasteiger partial charge on any atom is -0.481 e. The van der Waals surface area contributed by atoms with Gasteiger partial charge in [-0.15, -0.1) is 0 Å². The molecule has 0 radical (unpaired) electrons. The molecule has 0 aromatic carbocycles. The Kier molecular flexibility index (Phi) is 16.1. The van der Waals surface area contributed by atoms with E-state index in [1.54, 1.807) is 13.8 Å². The van der Waals surface area contributed by atoms with Gasteiger partial charge in [-0.25, -0.2) is 4.79 Å². The number of carbonyl (C=O) groups is 3. The van der Waals surface area contributed by atoms with Gasteiger partial charge in [0.1, 0.15) is 6.10 Å². The molecule has 35 heavy (non-hydrogen) atoms. The first-order valence-corrected chi connectivity index (χ1v) is 12.8. The maximum atomic E-state index is 12.0. The number of hydrogen-bond donors (Lipinski definition) is 2. The van der Waals surface area contributed by atoms with Gasteiger partial charge in [0.2, 0.25) is 0 Å². The molecule has 7 heteroatoms. The first-order valence-electron chi connectivity index (χ1n) is 12.8. The fourth-order valence-corrected chi connectivity index (χ4v) is 2.34. The van der Waals surface area contributed by atoms with Gasteiger partial charge in [0.05, 0.1) is 23.5 Å². The number of hydrogen-bond acceptors (Lipinski definition) is 6. The predicted molar refractivity (Wildman–Crippen MR) is 140 cm³/mol.